The van der Waals surface area contributed by atoms with Gasteiger partial charge in [0.1, 0.15) is 17.2 Å². The molecule has 0 unspecified atom stereocenters. The molecule has 1 aliphatic rings. The number of hydrogen-bond donors (Lipinski definition) is 1. The van der Waals surface area contributed by atoms with E-state index < -0.39 is 10.0 Å². The van der Waals surface area contributed by atoms with Gasteiger partial charge in [-0.25, -0.2) is 21.7 Å². The minimum absolute atomic E-state index is 0.0954. The number of hydrogen-bond acceptors (Lipinski definition) is 7. The molecule has 8 nitrogen and oxygen atoms in total. The molecule has 0 spiro atoms. The normalized spacial score (nSPS) is 16.4. The molecule has 0 radical (unpaired) electrons. The number of sulfonamides is 1. The van der Waals surface area contributed by atoms with Crippen LogP contribution in [0.3, 0.4) is 0 Å². The zero-order chi connectivity index (χ0) is 21.2. The third-order valence-electron chi connectivity index (χ3n) is 5.20. The van der Waals surface area contributed by atoms with E-state index in [1.807, 2.05) is 0 Å². The van der Waals surface area contributed by atoms with Crippen LogP contribution in [-0.4, -0.2) is 53.8 Å². The Hall–Kier alpha value is -1.85. The van der Waals surface area contributed by atoms with Gasteiger partial charge in [0.15, 0.2) is 5.69 Å². The van der Waals surface area contributed by atoms with Gasteiger partial charge < -0.3 is 5.21 Å². The maximum absolute atomic E-state index is 13.4. The van der Waals surface area contributed by atoms with Crippen LogP contribution in [0, 0.1) is 11.2 Å². The number of nitrogens with zero attached hydrogens (tertiary/aromatic N) is 4. The Balaban J connectivity index is 1.70. The van der Waals surface area contributed by atoms with Crippen molar-refractivity contribution in [3.63, 3.8) is 0 Å². The molecular weight excluding hydrogens is 467 g/mol. The fourth-order valence-corrected chi connectivity index (χ4v) is 5.03. The highest BCUT2D eigenvalue weighted by molar-refractivity contribution is 9.10. The molecule has 2 aromatic rings. The van der Waals surface area contributed by atoms with Crippen molar-refractivity contribution in [1.29, 1.82) is 0 Å². The second-order valence-corrected chi connectivity index (χ2v) is 10.6. The molecule has 1 heterocycles. The number of benzene rings is 1. The largest absolute Gasteiger partial charge is 0.411 e. The molecule has 1 aromatic carbocycles. The molecule has 29 heavy (non-hydrogen) atoms. The van der Waals surface area contributed by atoms with Gasteiger partial charge in [-0.1, -0.05) is 16.4 Å². The highest BCUT2D eigenvalue weighted by Gasteiger charge is 2.46. The van der Waals surface area contributed by atoms with Gasteiger partial charge in [0.05, 0.1) is 10.2 Å². The van der Waals surface area contributed by atoms with Crippen LogP contribution in [0.2, 0.25) is 0 Å². The minimum atomic E-state index is -3.29. The van der Waals surface area contributed by atoms with Crippen molar-refractivity contribution in [1.82, 2.24) is 14.6 Å². The lowest BCUT2D eigenvalue weighted by atomic mass is 9.98. The van der Waals surface area contributed by atoms with Crippen LogP contribution in [0.4, 0.5) is 4.39 Å². The lowest BCUT2D eigenvalue weighted by Gasteiger charge is -2.18. The summed E-state index contributed by atoms with van der Waals surface area (Å²) in [6.07, 6.45) is 2.95. The Labute approximate surface area is 176 Å². The average molecular weight is 489 g/mol. The van der Waals surface area contributed by atoms with Crippen molar-refractivity contribution in [3.8, 4) is 0 Å². The first kappa shape index (κ1) is 21.8. The predicted molar refractivity (Wildman–Crippen MR) is 108 cm³/mol. The quantitative estimate of drug-likeness (QED) is 0.330. The molecule has 1 aliphatic carbocycles. The predicted octanol–water partition coefficient (Wildman–Crippen LogP) is 3.00. The molecule has 3 rings (SSSR count). The van der Waals surface area contributed by atoms with E-state index in [1.54, 1.807) is 12.1 Å². The summed E-state index contributed by atoms with van der Waals surface area (Å²) in [4.78, 5) is 0. The van der Waals surface area contributed by atoms with Crippen molar-refractivity contribution in [2.24, 2.45) is 10.6 Å². The molecule has 0 bridgehead atoms. The van der Waals surface area contributed by atoms with Crippen LogP contribution in [0.5, 0.6) is 0 Å². The Morgan fingerprint density at radius 1 is 1.38 bits per heavy atom. The molecule has 1 saturated carbocycles. The van der Waals surface area contributed by atoms with Crippen molar-refractivity contribution in [2.75, 3.05) is 19.8 Å². The fraction of sp³-hybridized carbons (Fsp3) is 0.500. The van der Waals surface area contributed by atoms with Gasteiger partial charge in [-0.2, -0.15) is 0 Å². The van der Waals surface area contributed by atoms with Crippen LogP contribution < -0.4 is 0 Å². The summed E-state index contributed by atoms with van der Waals surface area (Å²) >= 11 is 3.13. The van der Waals surface area contributed by atoms with Crippen LogP contribution in [0.1, 0.15) is 36.2 Å². The lowest BCUT2D eigenvalue weighted by molar-refractivity contribution is 0.299. The molecule has 1 N–H and O–H groups in total. The van der Waals surface area contributed by atoms with Crippen LogP contribution in [-0.2, 0) is 22.9 Å². The van der Waals surface area contributed by atoms with E-state index in [9.17, 15) is 18.0 Å². The molecular formula is C18H22BrFN4O4S. The monoisotopic (exact) mass is 488 g/mol. The maximum Gasteiger partial charge on any atom is 0.214 e. The van der Waals surface area contributed by atoms with Gasteiger partial charge in [0.25, 0.3) is 0 Å². The Morgan fingerprint density at radius 3 is 2.69 bits per heavy atom. The maximum atomic E-state index is 13.4. The van der Waals surface area contributed by atoms with Gasteiger partial charge in [0, 0.05) is 20.5 Å². The van der Waals surface area contributed by atoms with Crippen molar-refractivity contribution in [2.45, 2.75) is 32.1 Å². The van der Waals surface area contributed by atoms with Crippen LogP contribution in [0.15, 0.2) is 32.5 Å². The summed E-state index contributed by atoms with van der Waals surface area (Å²) in [6, 6.07) is 4.50. The van der Waals surface area contributed by atoms with E-state index in [2.05, 4.69) is 31.4 Å². The van der Waals surface area contributed by atoms with Gasteiger partial charge in [-0.3, -0.25) is 0 Å². The molecule has 158 valence electrons. The average Bonchev–Trinajstić information content (AvgIpc) is 3.25. The van der Waals surface area contributed by atoms with Gasteiger partial charge in [0.2, 0.25) is 10.0 Å². The Morgan fingerprint density at radius 2 is 2.10 bits per heavy atom. The summed E-state index contributed by atoms with van der Waals surface area (Å²) in [5.74, 6) is -0.291. The van der Waals surface area contributed by atoms with Crippen molar-refractivity contribution in [3.05, 3.63) is 45.4 Å². The molecule has 1 fully saturated rings. The number of aromatic nitrogens is 2. The first-order valence-electron chi connectivity index (χ1n) is 9.03. The second kappa shape index (κ2) is 8.49. The Kier molecular flexibility index (Phi) is 6.39. The standard InChI is InChI=1S/C18H22BrFN4O4S/c1-24(2)29(26,27)11-18(7-8-18)6-5-15-17(23-28-22-15)16(21-25)10-12-3-4-14(20)13(19)9-12/h3-4,9,25H,5-8,10-11H2,1-2H3/b21-16+. The summed E-state index contributed by atoms with van der Waals surface area (Å²) < 4.78 is 44.3. The van der Waals surface area contributed by atoms with Crippen molar-refractivity contribution >= 4 is 31.7 Å². The highest BCUT2D eigenvalue weighted by Crippen LogP contribution is 2.50. The summed E-state index contributed by atoms with van der Waals surface area (Å²) in [5.41, 5.74) is 1.52. The van der Waals surface area contributed by atoms with E-state index in [0.29, 0.717) is 28.7 Å². The van der Waals surface area contributed by atoms with E-state index in [-0.39, 0.29) is 29.1 Å². The van der Waals surface area contributed by atoms with Crippen LogP contribution in [0.25, 0.3) is 0 Å². The van der Waals surface area contributed by atoms with E-state index in [0.717, 1.165) is 18.4 Å². The summed E-state index contributed by atoms with van der Waals surface area (Å²) in [5, 5.41) is 20.6. The SMILES string of the molecule is CN(C)S(=O)(=O)CC1(CCc2nonc2/C(Cc2ccc(F)c(Br)c2)=N/O)CC1. The summed E-state index contributed by atoms with van der Waals surface area (Å²) in [7, 11) is -0.228. The minimum Gasteiger partial charge on any atom is -0.411 e. The topological polar surface area (TPSA) is 109 Å². The third kappa shape index (κ3) is 5.20. The zero-order valence-electron chi connectivity index (χ0n) is 16.1. The van der Waals surface area contributed by atoms with Crippen LogP contribution >= 0.6 is 15.9 Å². The van der Waals surface area contributed by atoms with Gasteiger partial charge >= 0.3 is 0 Å². The molecule has 0 aliphatic heterocycles. The number of aryl methyl sites for hydroxylation is 1. The lowest BCUT2D eigenvalue weighted by Crippen LogP contribution is -2.30. The molecule has 1 aromatic heterocycles. The van der Waals surface area contributed by atoms with E-state index in [1.165, 1.54) is 24.5 Å². The second-order valence-electron chi connectivity index (χ2n) is 7.57. The first-order valence-corrected chi connectivity index (χ1v) is 11.4. The third-order valence-corrected chi connectivity index (χ3v) is 7.90. The molecule has 0 atom stereocenters. The zero-order valence-corrected chi connectivity index (χ0v) is 18.5. The smallest absolute Gasteiger partial charge is 0.214 e. The van der Waals surface area contributed by atoms with Gasteiger partial charge in [-0.05, 0) is 69.9 Å². The van der Waals surface area contributed by atoms with Gasteiger partial charge in [-0.15, -0.1) is 0 Å². The Bertz CT molecular complexity index is 1020. The number of halogens is 2. The molecule has 0 amide bonds. The number of oxime groups is 1. The van der Waals surface area contributed by atoms with E-state index in [4.69, 9.17) is 4.63 Å². The highest BCUT2D eigenvalue weighted by atomic mass is 79.9. The summed E-state index contributed by atoms with van der Waals surface area (Å²) in [6.45, 7) is 0. The molecule has 11 heteroatoms. The molecule has 0 saturated heterocycles. The van der Waals surface area contributed by atoms with Crippen molar-refractivity contribution < 1.29 is 22.6 Å². The first-order chi connectivity index (χ1) is 13.7. The number of rotatable bonds is 9. The fourth-order valence-electron chi connectivity index (χ4n) is 3.14. The van der Waals surface area contributed by atoms with E-state index >= 15 is 0 Å².